The number of hydrogen-bond donors (Lipinski definition) is 2. The molecule has 3 unspecified atom stereocenters. The quantitative estimate of drug-likeness (QED) is 0.489. The van der Waals surface area contributed by atoms with E-state index in [0.29, 0.717) is 25.6 Å². The first-order valence-electron chi connectivity index (χ1n) is 11.7. The zero-order valence-corrected chi connectivity index (χ0v) is 20.6. The third kappa shape index (κ3) is 7.66. The van der Waals surface area contributed by atoms with Crippen LogP contribution in [0.2, 0.25) is 0 Å². The van der Waals surface area contributed by atoms with Crippen LogP contribution in [0.5, 0.6) is 0 Å². The lowest BCUT2D eigenvalue weighted by molar-refractivity contribution is -0.142. The maximum absolute atomic E-state index is 14.0. The van der Waals surface area contributed by atoms with E-state index in [1.807, 2.05) is 13.8 Å². The summed E-state index contributed by atoms with van der Waals surface area (Å²) in [6.45, 7) is 9.55. The molecule has 3 atom stereocenters. The number of likely N-dealkylation sites (tertiary alicyclic amines) is 2. The van der Waals surface area contributed by atoms with Gasteiger partial charge in [-0.3, -0.25) is 9.59 Å². The van der Waals surface area contributed by atoms with E-state index in [9.17, 15) is 27.2 Å². The highest BCUT2D eigenvalue weighted by Gasteiger charge is 2.47. The van der Waals surface area contributed by atoms with Gasteiger partial charge in [-0.25, -0.2) is 17.6 Å². The van der Waals surface area contributed by atoms with Crippen molar-refractivity contribution in [3.63, 3.8) is 0 Å². The van der Waals surface area contributed by atoms with E-state index < -0.39 is 35.1 Å². The average Bonchev–Trinajstić information content (AvgIpc) is 3.33. The Morgan fingerprint density at radius 3 is 2.26 bits per heavy atom. The van der Waals surface area contributed by atoms with Gasteiger partial charge in [0.05, 0.1) is 6.04 Å². The third-order valence-electron chi connectivity index (χ3n) is 5.67. The van der Waals surface area contributed by atoms with Gasteiger partial charge < -0.3 is 20.6 Å². The second-order valence-electron chi connectivity index (χ2n) is 8.73. The van der Waals surface area contributed by atoms with E-state index in [4.69, 9.17) is 10.8 Å². The first kappa shape index (κ1) is 29.8. The number of aliphatic hydroxyl groups excluding tert-OH is 1. The topological polar surface area (TPSA) is 86.9 Å². The van der Waals surface area contributed by atoms with Gasteiger partial charge in [0, 0.05) is 50.7 Å². The smallest absolute Gasteiger partial charge is 0.259 e. The summed E-state index contributed by atoms with van der Waals surface area (Å²) in [5, 5.41) is 7.57. The molecule has 194 valence electrons. The lowest BCUT2D eigenvalue weighted by Crippen LogP contribution is -2.45. The number of alkyl halides is 1. The van der Waals surface area contributed by atoms with Crippen molar-refractivity contribution in [2.24, 2.45) is 11.7 Å². The highest BCUT2D eigenvalue weighted by molar-refractivity contribution is 5.85. The second-order valence-corrected chi connectivity index (χ2v) is 8.73. The SMILES string of the molecule is CC.CC(C)(F)C(=O)N1CC2CCN(C(=O)CC(N)Cc3cc(F)c(F)cc3F)C2C1.CCO. The molecule has 6 nitrogen and oxygen atoms in total. The number of halogens is 4. The van der Waals surface area contributed by atoms with Crippen LogP contribution in [0, 0.1) is 23.4 Å². The van der Waals surface area contributed by atoms with E-state index >= 15 is 0 Å². The summed E-state index contributed by atoms with van der Waals surface area (Å²) in [7, 11) is 0. The standard InChI is InChI=1S/C20H25F4N3O2.C2H6O.C2H6/c1-20(2,24)19(29)26-9-11-3-4-27(17(11)10-26)18(28)7-13(25)5-12-6-15(22)16(23)8-14(12)21;1-2-3;1-2/h6,8,11,13,17H,3-5,7,9-10,25H2,1-2H3;3H,2H2,1H3;1-2H3. The monoisotopic (exact) mass is 491 g/mol. The molecule has 3 N–H and O–H groups in total. The van der Waals surface area contributed by atoms with Crippen molar-refractivity contribution in [1.82, 2.24) is 9.80 Å². The minimum absolute atomic E-state index is 0.0881. The highest BCUT2D eigenvalue weighted by Crippen LogP contribution is 2.33. The molecule has 0 aliphatic carbocycles. The summed E-state index contributed by atoms with van der Waals surface area (Å²) < 4.78 is 54.1. The van der Waals surface area contributed by atoms with Crippen molar-refractivity contribution in [3.05, 3.63) is 35.1 Å². The first-order chi connectivity index (χ1) is 15.9. The number of rotatable bonds is 5. The van der Waals surface area contributed by atoms with Gasteiger partial charge >= 0.3 is 0 Å². The third-order valence-corrected chi connectivity index (χ3v) is 5.67. The van der Waals surface area contributed by atoms with E-state index in [0.717, 1.165) is 6.07 Å². The maximum atomic E-state index is 14.0. The molecule has 0 spiro atoms. The van der Waals surface area contributed by atoms with E-state index in [-0.39, 0.29) is 49.4 Å². The lowest BCUT2D eigenvalue weighted by atomic mass is 10.0. The molecule has 0 saturated carbocycles. The molecule has 2 saturated heterocycles. The molecule has 0 bridgehead atoms. The molecule has 2 aliphatic heterocycles. The van der Waals surface area contributed by atoms with Crippen LogP contribution < -0.4 is 5.73 Å². The minimum Gasteiger partial charge on any atom is -0.397 e. The molecule has 2 heterocycles. The van der Waals surface area contributed by atoms with Crippen LogP contribution >= 0.6 is 0 Å². The van der Waals surface area contributed by atoms with Gasteiger partial charge in [-0.15, -0.1) is 0 Å². The van der Waals surface area contributed by atoms with Crippen LogP contribution in [0.25, 0.3) is 0 Å². The maximum Gasteiger partial charge on any atom is 0.259 e. The fraction of sp³-hybridized carbons (Fsp3) is 0.667. The van der Waals surface area contributed by atoms with Gasteiger partial charge in [-0.2, -0.15) is 0 Å². The van der Waals surface area contributed by atoms with Crippen molar-refractivity contribution >= 4 is 11.8 Å². The van der Waals surface area contributed by atoms with E-state index in [1.54, 1.807) is 11.8 Å². The molecule has 1 aromatic rings. The molecule has 10 heteroatoms. The summed E-state index contributed by atoms with van der Waals surface area (Å²) in [6, 6.07) is 0.242. The normalized spacial score (nSPS) is 20.1. The van der Waals surface area contributed by atoms with Gasteiger partial charge in [-0.1, -0.05) is 13.8 Å². The number of carbonyl (C=O) groups excluding carboxylic acids is 2. The van der Waals surface area contributed by atoms with Gasteiger partial charge in [0.15, 0.2) is 17.3 Å². The number of amides is 2. The van der Waals surface area contributed by atoms with E-state index in [1.165, 1.54) is 18.7 Å². The van der Waals surface area contributed by atoms with Gasteiger partial charge in [0.1, 0.15) is 5.82 Å². The molecular formula is C24H37F4N3O3. The summed E-state index contributed by atoms with van der Waals surface area (Å²) in [5.41, 5.74) is 3.90. The Morgan fingerprint density at radius 2 is 1.71 bits per heavy atom. The van der Waals surface area contributed by atoms with Crippen molar-refractivity contribution in [2.75, 3.05) is 26.2 Å². The number of aliphatic hydroxyl groups is 1. The zero-order valence-electron chi connectivity index (χ0n) is 20.6. The molecule has 2 fully saturated rings. The Balaban J connectivity index is 0.00000107. The minimum atomic E-state index is -1.97. The fourth-order valence-corrected chi connectivity index (χ4v) is 4.23. The van der Waals surface area contributed by atoms with Crippen LogP contribution in [0.4, 0.5) is 17.6 Å². The molecule has 2 aliphatic rings. The number of nitrogens with two attached hydrogens (primary N) is 1. The number of hydrogen-bond acceptors (Lipinski definition) is 4. The predicted molar refractivity (Wildman–Crippen MR) is 122 cm³/mol. The van der Waals surface area contributed by atoms with Crippen LogP contribution in [-0.2, 0) is 16.0 Å². The van der Waals surface area contributed by atoms with Crippen molar-refractivity contribution < 1.29 is 32.3 Å². The Hall–Kier alpha value is -2.20. The molecule has 1 aromatic carbocycles. The number of nitrogens with zero attached hydrogens (tertiary/aromatic N) is 2. The van der Waals surface area contributed by atoms with Gasteiger partial charge in [-0.05, 0) is 45.2 Å². The van der Waals surface area contributed by atoms with Crippen LogP contribution in [0.1, 0.15) is 53.0 Å². The Morgan fingerprint density at radius 1 is 1.15 bits per heavy atom. The highest BCUT2D eigenvalue weighted by atomic mass is 19.2. The molecule has 0 aromatic heterocycles. The molecular weight excluding hydrogens is 454 g/mol. The van der Waals surface area contributed by atoms with Crippen molar-refractivity contribution in [1.29, 1.82) is 0 Å². The number of benzene rings is 1. The molecule has 34 heavy (non-hydrogen) atoms. The summed E-state index contributed by atoms with van der Waals surface area (Å²) in [5.74, 6) is -4.12. The van der Waals surface area contributed by atoms with Crippen LogP contribution in [0.3, 0.4) is 0 Å². The molecule has 3 rings (SSSR count). The van der Waals surface area contributed by atoms with Crippen LogP contribution in [-0.4, -0.2) is 70.7 Å². The Kier molecular flexibility index (Phi) is 11.4. The number of fused-ring (bicyclic) bond motifs is 1. The van der Waals surface area contributed by atoms with Crippen molar-refractivity contribution in [2.45, 2.75) is 71.6 Å². The first-order valence-corrected chi connectivity index (χ1v) is 11.7. The summed E-state index contributed by atoms with van der Waals surface area (Å²) in [6.07, 6.45) is 0.501. The van der Waals surface area contributed by atoms with Crippen molar-refractivity contribution in [3.8, 4) is 0 Å². The average molecular weight is 492 g/mol. The van der Waals surface area contributed by atoms with Crippen LogP contribution in [0.15, 0.2) is 12.1 Å². The van der Waals surface area contributed by atoms with E-state index in [2.05, 4.69) is 0 Å². The Bertz CT molecular complexity index is 832. The summed E-state index contributed by atoms with van der Waals surface area (Å²) >= 11 is 0. The second kappa shape index (κ2) is 13.0. The largest absolute Gasteiger partial charge is 0.397 e. The molecule has 2 amide bonds. The predicted octanol–water partition coefficient (Wildman–Crippen LogP) is 3.20. The van der Waals surface area contributed by atoms with Gasteiger partial charge in [0.25, 0.3) is 5.91 Å². The zero-order chi connectivity index (χ0) is 26.2. The van der Waals surface area contributed by atoms with Gasteiger partial charge in [0.2, 0.25) is 5.91 Å². The summed E-state index contributed by atoms with van der Waals surface area (Å²) in [4.78, 5) is 28.0. The molecule has 0 radical (unpaired) electrons. The number of carbonyl (C=O) groups is 2. The Labute approximate surface area is 199 Å². The lowest BCUT2D eigenvalue weighted by Gasteiger charge is -2.27. The fourth-order valence-electron chi connectivity index (χ4n) is 4.23.